The molecule has 0 heterocycles. The van der Waals surface area contributed by atoms with E-state index in [1.807, 2.05) is 14.1 Å². The van der Waals surface area contributed by atoms with Crippen LogP contribution in [0.5, 0.6) is 0 Å². The molecule has 0 aliphatic rings. The Morgan fingerprint density at radius 1 is 1.28 bits per heavy atom. The van der Waals surface area contributed by atoms with Crippen LogP contribution in [-0.2, 0) is 10.0 Å². The van der Waals surface area contributed by atoms with Crippen LogP contribution in [0.25, 0.3) is 0 Å². The van der Waals surface area contributed by atoms with Crippen molar-refractivity contribution in [2.24, 2.45) is 5.41 Å². The molecule has 1 aromatic rings. The third kappa shape index (κ3) is 6.60. The third-order valence-corrected chi connectivity index (χ3v) is 5.11. The number of nitro benzene ring substituents is 1. The Labute approximate surface area is 149 Å². The van der Waals surface area contributed by atoms with Gasteiger partial charge in [-0.05, 0) is 26.0 Å². The van der Waals surface area contributed by atoms with Crippen LogP contribution in [0, 0.1) is 15.5 Å². The van der Waals surface area contributed by atoms with Crippen molar-refractivity contribution in [2.45, 2.75) is 38.6 Å². The van der Waals surface area contributed by atoms with E-state index in [1.54, 1.807) is 13.8 Å². The van der Waals surface area contributed by atoms with Crippen LogP contribution in [0.2, 0.25) is 0 Å². The van der Waals surface area contributed by atoms with Gasteiger partial charge in [0.25, 0.3) is 5.69 Å². The number of hydrogen-bond donors (Lipinski definition) is 3. The highest BCUT2D eigenvalue weighted by Gasteiger charge is 2.25. The van der Waals surface area contributed by atoms with E-state index < -0.39 is 14.9 Å². The molecule has 1 aromatic carbocycles. The summed E-state index contributed by atoms with van der Waals surface area (Å²) in [7, 11) is 0.317. The molecule has 0 spiro atoms. The smallest absolute Gasteiger partial charge is 0.293 e. The number of anilines is 1. The fraction of sp³-hybridized carbons (Fsp3) is 0.625. The Kier molecular flexibility index (Phi) is 6.92. The van der Waals surface area contributed by atoms with Crippen LogP contribution in [0.15, 0.2) is 23.1 Å². The van der Waals surface area contributed by atoms with E-state index >= 15 is 0 Å². The molecule has 25 heavy (non-hydrogen) atoms. The predicted molar refractivity (Wildman–Crippen MR) is 98.5 cm³/mol. The van der Waals surface area contributed by atoms with Crippen molar-refractivity contribution in [2.75, 3.05) is 32.5 Å². The van der Waals surface area contributed by atoms with E-state index in [2.05, 4.69) is 23.9 Å². The van der Waals surface area contributed by atoms with Gasteiger partial charge >= 0.3 is 0 Å². The number of nitrogens with zero attached hydrogens (tertiary/aromatic N) is 1. The molecule has 0 saturated heterocycles. The fourth-order valence-electron chi connectivity index (χ4n) is 2.71. The monoisotopic (exact) mass is 373 g/mol. The fourth-order valence-corrected chi connectivity index (χ4v) is 3.98. The molecule has 0 amide bonds. The highest BCUT2D eigenvalue weighted by molar-refractivity contribution is 7.89. The maximum absolute atomic E-state index is 12.2. The van der Waals surface area contributed by atoms with Crippen molar-refractivity contribution >= 4 is 21.4 Å². The topological polar surface area (TPSA) is 106 Å². The maximum Gasteiger partial charge on any atom is 0.293 e. The highest BCUT2D eigenvalue weighted by Crippen LogP contribution is 2.28. The molecular formula is C16H29N4O4S+. The summed E-state index contributed by atoms with van der Waals surface area (Å²) in [6.07, 6.45) is 0. The van der Waals surface area contributed by atoms with Gasteiger partial charge in [-0.1, -0.05) is 13.8 Å². The lowest BCUT2D eigenvalue weighted by Crippen LogP contribution is -3.07. The molecule has 1 rings (SSSR count). The Balaban J connectivity index is 3.09. The normalized spacial score (nSPS) is 12.6. The minimum Gasteiger partial charge on any atom is -0.379 e. The summed E-state index contributed by atoms with van der Waals surface area (Å²) in [5.41, 5.74) is -0.00799. The molecule has 0 aliphatic carbocycles. The average Bonchev–Trinajstić information content (AvgIpc) is 2.42. The second kappa shape index (κ2) is 8.11. The van der Waals surface area contributed by atoms with Crippen molar-refractivity contribution in [1.82, 2.24) is 4.72 Å². The summed E-state index contributed by atoms with van der Waals surface area (Å²) in [4.78, 5) is 12.0. The van der Waals surface area contributed by atoms with Gasteiger partial charge in [-0.25, -0.2) is 13.1 Å². The Morgan fingerprint density at radius 2 is 1.88 bits per heavy atom. The van der Waals surface area contributed by atoms with Crippen LogP contribution in [-0.4, -0.2) is 46.6 Å². The lowest BCUT2D eigenvalue weighted by molar-refractivity contribution is -0.865. The Bertz CT molecular complexity index is 715. The SMILES string of the molecule is CC(C)NS(=O)(=O)c1ccc(NCC(C)(C)C[NH+](C)C)c([N+](=O)[O-])c1. The minimum absolute atomic E-state index is 0.0728. The van der Waals surface area contributed by atoms with Gasteiger partial charge in [0.2, 0.25) is 10.0 Å². The van der Waals surface area contributed by atoms with Gasteiger partial charge in [-0.15, -0.1) is 0 Å². The van der Waals surface area contributed by atoms with Gasteiger partial charge in [0.15, 0.2) is 0 Å². The summed E-state index contributed by atoms with van der Waals surface area (Å²) < 4.78 is 26.8. The lowest BCUT2D eigenvalue weighted by Gasteiger charge is -2.26. The van der Waals surface area contributed by atoms with Crippen molar-refractivity contribution < 1.29 is 18.2 Å². The molecule has 0 aliphatic heterocycles. The van der Waals surface area contributed by atoms with Gasteiger partial charge in [-0.2, -0.15) is 0 Å². The largest absolute Gasteiger partial charge is 0.379 e. The standard InChI is InChI=1S/C16H28N4O4S/c1-12(2)18-25(23,24)13-7-8-14(15(9-13)20(21)22)17-10-16(3,4)11-19(5)6/h7-9,12,17-18H,10-11H2,1-6H3/p+1. The quantitative estimate of drug-likeness (QED) is 0.440. The molecule has 8 nitrogen and oxygen atoms in total. The first-order chi connectivity index (χ1) is 11.3. The number of nitrogens with one attached hydrogen (secondary N) is 3. The second-order valence-electron chi connectivity index (χ2n) is 7.61. The number of benzene rings is 1. The molecule has 0 aromatic heterocycles. The first-order valence-corrected chi connectivity index (χ1v) is 9.66. The second-order valence-corrected chi connectivity index (χ2v) is 9.33. The van der Waals surface area contributed by atoms with Crippen molar-refractivity contribution in [3.63, 3.8) is 0 Å². The van der Waals surface area contributed by atoms with E-state index in [9.17, 15) is 18.5 Å². The number of rotatable bonds is 9. The zero-order valence-electron chi connectivity index (χ0n) is 15.7. The molecule has 0 saturated carbocycles. The maximum atomic E-state index is 12.2. The molecule has 9 heteroatoms. The molecule has 0 unspecified atom stereocenters. The zero-order chi connectivity index (χ0) is 19.4. The van der Waals surface area contributed by atoms with Gasteiger partial charge < -0.3 is 10.2 Å². The summed E-state index contributed by atoms with van der Waals surface area (Å²) in [5.74, 6) is 0. The van der Waals surface area contributed by atoms with Crippen LogP contribution >= 0.6 is 0 Å². The summed E-state index contributed by atoms with van der Waals surface area (Å²) in [6.45, 7) is 8.95. The van der Waals surface area contributed by atoms with Gasteiger partial charge in [0.05, 0.1) is 30.5 Å². The third-order valence-electron chi connectivity index (χ3n) is 3.46. The van der Waals surface area contributed by atoms with E-state index in [0.717, 1.165) is 12.6 Å². The average molecular weight is 373 g/mol. The minimum atomic E-state index is -3.78. The Hall–Kier alpha value is -1.71. The number of sulfonamides is 1. The number of quaternary nitrogens is 1. The van der Waals surface area contributed by atoms with Crippen LogP contribution in [0.4, 0.5) is 11.4 Å². The number of nitro groups is 1. The number of hydrogen-bond acceptors (Lipinski definition) is 5. The van der Waals surface area contributed by atoms with Gasteiger partial charge in [0.1, 0.15) is 5.69 Å². The molecule has 3 N–H and O–H groups in total. The molecule has 0 fully saturated rings. The zero-order valence-corrected chi connectivity index (χ0v) is 16.5. The Morgan fingerprint density at radius 3 is 2.36 bits per heavy atom. The van der Waals surface area contributed by atoms with E-state index in [4.69, 9.17) is 0 Å². The molecule has 0 bridgehead atoms. The van der Waals surface area contributed by atoms with E-state index in [-0.39, 0.29) is 22.0 Å². The van der Waals surface area contributed by atoms with Crippen molar-refractivity contribution in [3.05, 3.63) is 28.3 Å². The summed E-state index contributed by atoms with van der Waals surface area (Å²) in [5, 5.41) is 14.5. The van der Waals surface area contributed by atoms with Crippen LogP contribution in [0.3, 0.4) is 0 Å². The van der Waals surface area contributed by atoms with Gasteiger partial charge in [0, 0.05) is 24.1 Å². The predicted octanol–water partition coefficient (Wildman–Crippen LogP) is 0.864. The van der Waals surface area contributed by atoms with Gasteiger partial charge in [-0.3, -0.25) is 10.1 Å². The molecule has 142 valence electrons. The van der Waals surface area contributed by atoms with Crippen molar-refractivity contribution in [3.8, 4) is 0 Å². The first kappa shape index (κ1) is 21.3. The van der Waals surface area contributed by atoms with E-state index in [0.29, 0.717) is 12.2 Å². The first-order valence-electron chi connectivity index (χ1n) is 8.18. The summed E-state index contributed by atoms with van der Waals surface area (Å²) in [6, 6.07) is 3.63. The highest BCUT2D eigenvalue weighted by atomic mass is 32.2. The van der Waals surface area contributed by atoms with Crippen LogP contribution in [0.1, 0.15) is 27.7 Å². The molecular weight excluding hydrogens is 344 g/mol. The summed E-state index contributed by atoms with van der Waals surface area (Å²) >= 11 is 0. The van der Waals surface area contributed by atoms with Crippen molar-refractivity contribution in [1.29, 1.82) is 0 Å². The van der Waals surface area contributed by atoms with Crippen LogP contribution < -0.4 is 14.9 Å². The molecule has 0 atom stereocenters. The lowest BCUT2D eigenvalue weighted by atomic mass is 9.93. The van der Waals surface area contributed by atoms with E-state index in [1.165, 1.54) is 17.0 Å². The molecule has 0 radical (unpaired) electrons.